The maximum atomic E-state index is 12.8. The largest absolute Gasteiger partial charge is 0.507 e. The number of fused-ring (bicyclic) bond motifs is 1. The number of hydrogen-bond acceptors (Lipinski definition) is 14. The minimum atomic E-state index is -1.76. The van der Waals surface area contributed by atoms with Gasteiger partial charge in [-0.2, -0.15) is 0 Å². The summed E-state index contributed by atoms with van der Waals surface area (Å²) in [6, 6.07) is 10.4. The molecule has 3 aromatic rings. The van der Waals surface area contributed by atoms with Gasteiger partial charge in [-0.25, -0.2) is 0 Å². The van der Waals surface area contributed by atoms with E-state index >= 15 is 0 Å². The Morgan fingerprint density at radius 3 is 2.14 bits per heavy atom. The molecule has 0 bridgehead atoms. The highest BCUT2D eigenvalue weighted by molar-refractivity contribution is 5.86. The molecule has 42 heavy (non-hydrogen) atoms. The summed E-state index contributed by atoms with van der Waals surface area (Å²) < 4.78 is 33.2. The standard InChI is InChI=1S/C28H32O14/c1-11-21(31)23(33)25(35)27(39-11)38-10-19-22(32)24(34)26(36)28(42-19)40-14-7-15(29)20-16(30)9-17(41-18(20)8-14)12-3-5-13(37-2)6-4-12/h3-9,11,19,21-29,31-36H,10H2,1-2H3/t11-,19-,21-,22+,23+,24+,25+,26+,27-,28-/m1/s1. The van der Waals surface area contributed by atoms with Crippen LogP contribution >= 0.6 is 0 Å². The van der Waals surface area contributed by atoms with Crippen molar-refractivity contribution in [2.24, 2.45) is 0 Å². The van der Waals surface area contributed by atoms with Crippen LogP contribution < -0.4 is 14.9 Å². The average molecular weight is 593 g/mol. The summed E-state index contributed by atoms with van der Waals surface area (Å²) in [6.07, 6.45) is -14.8. The number of phenols is 1. The van der Waals surface area contributed by atoms with E-state index in [0.717, 1.165) is 6.07 Å². The summed E-state index contributed by atoms with van der Waals surface area (Å²) in [5.41, 5.74) is 0.0115. The molecule has 0 spiro atoms. The van der Waals surface area contributed by atoms with Crippen LogP contribution in [0.15, 0.2) is 51.7 Å². The van der Waals surface area contributed by atoms with Gasteiger partial charge in [-0.3, -0.25) is 4.79 Å². The second kappa shape index (κ2) is 12.1. The lowest BCUT2D eigenvalue weighted by Crippen LogP contribution is -2.61. The highest BCUT2D eigenvalue weighted by Gasteiger charge is 2.47. The van der Waals surface area contributed by atoms with E-state index in [0.29, 0.717) is 11.3 Å². The second-order valence-corrected chi connectivity index (χ2v) is 10.2. The predicted molar refractivity (Wildman–Crippen MR) is 142 cm³/mol. The van der Waals surface area contributed by atoms with Gasteiger partial charge in [0.25, 0.3) is 0 Å². The van der Waals surface area contributed by atoms with Crippen molar-refractivity contribution in [1.82, 2.24) is 0 Å². The van der Waals surface area contributed by atoms with Crippen LogP contribution in [0.1, 0.15) is 6.92 Å². The maximum absolute atomic E-state index is 12.8. The van der Waals surface area contributed by atoms with Gasteiger partial charge in [0.15, 0.2) is 11.7 Å². The summed E-state index contributed by atoms with van der Waals surface area (Å²) >= 11 is 0. The van der Waals surface area contributed by atoms with Crippen LogP contribution in [-0.2, 0) is 14.2 Å². The van der Waals surface area contributed by atoms with Crippen molar-refractivity contribution in [3.8, 4) is 28.6 Å². The molecule has 228 valence electrons. The Hall–Kier alpha value is -3.31. The molecule has 2 aliphatic heterocycles. The Labute approximate surface area is 238 Å². The number of phenolic OH excluding ortho intramolecular Hbond substituents is 1. The molecule has 2 aromatic carbocycles. The second-order valence-electron chi connectivity index (χ2n) is 10.2. The van der Waals surface area contributed by atoms with E-state index in [1.54, 1.807) is 24.3 Å². The van der Waals surface area contributed by atoms with Crippen molar-refractivity contribution in [1.29, 1.82) is 0 Å². The Bertz CT molecular complexity index is 1440. The van der Waals surface area contributed by atoms with Gasteiger partial charge < -0.3 is 63.8 Å². The number of ether oxygens (including phenoxy) is 5. The first-order chi connectivity index (χ1) is 20.0. The van der Waals surface area contributed by atoms with E-state index in [-0.39, 0.29) is 22.5 Å². The lowest BCUT2D eigenvalue weighted by Gasteiger charge is -2.42. The number of aliphatic hydroxyl groups is 6. The zero-order chi connectivity index (χ0) is 30.3. The predicted octanol–water partition coefficient (Wildman–Crippen LogP) is -0.795. The molecule has 5 rings (SSSR count). The van der Waals surface area contributed by atoms with Gasteiger partial charge in [-0.05, 0) is 31.2 Å². The van der Waals surface area contributed by atoms with Crippen LogP contribution in [0.25, 0.3) is 22.3 Å². The van der Waals surface area contributed by atoms with Crippen molar-refractivity contribution in [2.45, 2.75) is 68.3 Å². The lowest BCUT2D eigenvalue weighted by atomic mass is 9.98. The number of rotatable bonds is 7. The Kier molecular flexibility index (Phi) is 8.71. The fraction of sp³-hybridized carbons (Fsp3) is 0.464. The van der Waals surface area contributed by atoms with E-state index in [2.05, 4.69) is 0 Å². The highest BCUT2D eigenvalue weighted by Crippen LogP contribution is 2.34. The molecular weight excluding hydrogens is 560 g/mol. The molecule has 0 amide bonds. The number of methoxy groups -OCH3 is 1. The van der Waals surface area contributed by atoms with E-state index in [4.69, 9.17) is 28.1 Å². The summed E-state index contributed by atoms with van der Waals surface area (Å²) in [7, 11) is 1.52. The minimum absolute atomic E-state index is 0.0348. The quantitative estimate of drug-likeness (QED) is 0.179. The number of aromatic hydroxyl groups is 1. The molecule has 3 heterocycles. The number of hydrogen-bond donors (Lipinski definition) is 7. The van der Waals surface area contributed by atoms with E-state index < -0.39 is 79.2 Å². The molecule has 1 aromatic heterocycles. The van der Waals surface area contributed by atoms with Crippen LogP contribution in [0.5, 0.6) is 17.2 Å². The van der Waals surface area contributed by atoms with Gasteiger partial charge in [0.2, 0.25) is 6.29 Å². The minimum Gasteiger partial charge on any atom is -0.507 e. The molecule has 2 saturated heterocycles. The fourth-order valence-corrected chi connectivity index (χ4v) is 4.84. The van der Waals surface area contributed by atoms with Crippen molar-refractivity contribution >= 4 is 11.0 Å². The molecule has 10 atom stereocenters. The molecule has 14 heteroatoms. The number of aliphatic hydroxyl groups excluding tert-OH is 6. The topological polar surface area (TPSA) is 218 Å². The van der Waals surface area contributed by atoms with E-state index in [1.807, 2.05) is 0 Å². The van der Waals surface area contributed by atoms with E-state index in [1.165, 1.54) is 26.2 Å². The first-order valence-electron chi connectivity index (χ1n) is 13.1. The van der Waals surface area contributed by atoms with Crippen LogP contribution in [0, 0.1) is 0 Å². The molecule has 2 fully saturated rings. The van der Waals surface area contributed by atoms with Crippen LogP contribution in [-0.4, -0.2) is 111 Å². The zero-order valence-corrected chi connectivity index (χ0v) is 22.5. The summed E-state index contributed by atoms with van der Waals surface area (Å²) in [6.45, 7) is 0.984. The molecule has 0 saturated carbocycles. The van der Waals surface area contributed by atoms with Crippen LogP contribution in [0.4, 0.5) is 0 Å². The highest BCUT2D eigenvalue weighted by atomic mass is 16.7. The van der Waals surface area contributed by atoms with Gasteiger partial charge in [0.1, 0.15) is 76.7 Å². The third-order valence-electron chi connectivity index (χ3n) is 7.31. The molecule has 2 aliphatic rings. The Morgan fingerprint density at radius 1 is 0.786 bits per heavy atom. The van der Waals surface area contributed by atoms with Gasteiger partial charge in [0, 0.05) is 23.8 Å². The van der Waals surface area contributed by atoms with Crippen LogP contribution in [0.3, 0.4) is 0 Å². The summed E-state index contributed by atoms with van der Waals surface area (Å²) in [4.78, 5) is 12.8. The van der Waals surface area contributed by atoms with Gasteiger partial charge in [0.05, 0.1) is 19.8 Å². The zero-order valence-electron chi connectivity index (χ0n) is 22.5. The van der Waals surface area contributed by atoms with Gasteiger partial charge >= 0.3 is 0 Å². The third kappa shape index (κ3) is 5.81. The van der Waals surface area contributed by atoms with Crippen molar-refractivity contribution in [2.75, 3.05) is 13.7 Å². The molecule has 7 N–H and O–H groups in total. The van der Waals surface area contributed by atoms with Crippen molar-refractivity contribution in [3.63, 3.8) is 0 Å². The van der Waals surface area contributed by atoms with Crippen molar-refractivity contribution in [3.05, 3.63) is 52.7 Å². The molecule has 0 unspecified atom stereocenters. The first kappa shape index (κ1) is 30.2. The summed E-state index contributed by atoms with van der Waals surface area (Å²) in [5.74, 6) is 0.238. The smallest absolute Gasteiger partial charge is 0.229 e. The Balaban J connectivity index is 1.35. The number of benzene rings is 2. The molecule has 14 nitrogen and oxygen atoms in total. The molecular formula is C28H32O14. The van der Waals surface area contributed by atoms with E-state index in [9.17, 15) is 40.5 Å². The van der Waals surface area contributed by atoms with Gasteiger partial charge in [-0.15, -0.1) is 0 Å². The normalized spacial score (nSPS) is 33.4. The third-order valence-corrected chi connectivity index (χ3v) is 7.31. The van der Waals surface area contributed by atoms with Crippen LogP contribution in [0.2, 0.25) is 0 Å². The lowest BCUT2D eigenvalue weighted by molar-refractivity contribution is -0.318. The first-order valence-corrected chi connectivity index (χ1v) is 13.1. The molecule has 0 aliphatic carbocycles. The van der Waals surface area contributed by atoms with Gasteiger partial charge in [-0.1, -0.05) is 0 Å². The average Bonchev–Trinajstić information content (AvgIpc) is 2.97. The summed E-state index contributed by atoms with van der Waals surface area (Å²) in [5, 5.41) is 71.9. The van der Waals surface area contributed by atoms with Crippen molar-refractivity contribution < 1.29 is 63.8 Å². The maximum Gasteiger partial charge on any atom is 0.229 e. The fourth-order valence-electron chi connectivity index (χ4n) is 4.84. The SMILES string of the molecule is COc1ccc(-c2cc(=O)c3c(O)cc(O[C@@H]4O[C@H](CO[C@@H]5O[C@H](C)[C@@H](O)[C@H](O)[C@@H]5O)[C@H](O)[C@H](O)[C@@H]4O)cc3o2)cc1. The Morgan fingerprint density at radius 2 is 1.45 bits per heavy atom. The monoisotopic (exact) mass is 592 g/mol. The molecule has 0 radical (unpaired) electrons.